The lowest BCUT2D eigenvalue weighted by atomic mass is 10.1. The lowest BCUT2D eigenvalue weighted by Gasteiger charge is -1.97. The lowest BCUT2D eigenvalue weighted by Crippen LogP contribution is -2.03. The second kappa shape index (κ2) is 3.06. The third-order valence-corrected chi connectivity index (χ3v) is 3.67. The van der Waals surface area contributed by atoms with Crippen LogP contribution in [0.2, 0.25) is 0 Å². The maximum absolute atomic E-state index is 11.1. The Bertz CT molecular complexity index is 570. The van der Waals surface area contributed by atoms with Gasteiger partial charge in [-0.15, -0.1) is 0 Å². The summed E-state index contributed by atoms with van der Waals surface area (Å²) >= 11 is 0. The van der Waals surface area contributed by atoms with Gasteiger partial charge in [-0.05, 0) is 11.5 Å². The molecule has 5 heteroatoms. The lowest BCUT2D eigenvalue weighted by molar-refractivity contribution is -0.139. The van der Waals surface area contributed by atoms with Crippen molar-refractivity contribution >= 4 is 11.6 Å². The summed E-state index contributed by atoms with van der Waals surface area (Å²) in [7, 11) is 0. The molecule has 0 amide bonds. The smallest absolute Gasteiger partial charge is 0.307 e. The van der Waals surface area contributed by atoms with Crippen LogP contribution in [0.3, 0.4) is 0 Å². The Hall–Kier alpha value is -1.91. The maximum Gasteiger partial charge on any atom is 0.307 e. The average molecular weight is 231 g/mol. The first-order valence-electron chi connectivity index (χ1n) is 5.55. The highest BCUT2D eigenvalue weighted by Gasteiger charge is 2.63. The number of carboxylic acid groups (broad SMARTS) is 1. The van der Waals surface area contributed by atoms with Crippen molar-refractivity contribution < 1.29 is 9.90 Å². The largest absolute Gasteiger partial charge is 0.481 e. The molecule has 17 heavy (non-hydrogen) atoms. The predicted molar refractivity (Wildman–Crippen MR) is 60.6 cm³/mol. The quantitative estimate of drug-likeness (QED) is 0.851. The predicted octanol–water partition coefficient (Wildman–Crippen LogP) is 1.55. The van der Waals surface area contributed by atoms with Gasteiger partial charge in [0.25, 0.3) is 0 Å². The fourth-order valence-electron chi connectivity index (χ4n) is 2.65. The summed E-state index contributed by atoms with van der Waals surface area (Å²) < 4.78 is 1.68. The van der Waals surface area contributed by atoms with Gasteiger partial charge in [0.2, 0.25) is 0 Å². The molecule has 0 bridgehead atoms. The fourth-order valence-corrected chi connectivity index (χ4v) is 2.65. The van der Waals surface area contributed by atoms with Gasteiger partial charge in [-0.2, -0.15) is 5.10 Å². The summed E-state index contributed by atoms with van der Waals surface area (Å²) in [6, 6.07) is 3.67. The molecule has 2 unspecified atom stereocenters. The van der Waals surface area contributed by atoms with E-state index in [-0.39, 0.29) is 17.3 Å². The highest BCUT2D eigenvalue weighted by molar-refractivity contribution is 5.77. The molecule has 3 rings (SSSR count). The zero-order chi connectivity index (χ0) is 12.2. The third kappa shape index (κ3) is 1.35. The highest BCUT2D eigenvalue weighted by atomic mass is 16.4. The van der Waals surface area contributed by atoms with Crippen molar-refractivity contribution in [2.24, 2.45) is 11.3 Å². The van der Waals surface area contributed by atoms with E-state index in [4.69, 9.17) is 5.11 Å². The fraction of sp³-hybridized carbons (Fsp3) is 0.417. The van der Waals surface area contributed by atoms with E-state index in [1.54, 1.807) is 16.8 Å². The zero-order valence-corrected chi connectivity index (χ0v) is 9.66. The van der Waals surface area contributed by atoms with E-state index in [0.29, 0.717) is 0 Å². The first kappa shape index (κ1) is 10.3. The van der Waals surface area contributed by atoms with Crippen molar-refractivity contribution in [2.75, 3.05) is 0 Å². The maximum atomic E-state index is 11.1. The van der Waals surface area contributed by atoms with Crippen LogP contribution in [-0.4, -0.2) is 25.7 Å². The molecule has 1 fully saturated rings. The number of rotatable bonds is 2. The molecule has 0 aliphatic heterocycles. The molecule has 1 N–H and O–H groups in total. The molecular formula is C12H13N3O2. The number of fused-ring (bicyclic) bond motifs is 1. The van der Waals surface area contributed by atoms with E-state index in [2.05, 4.69) is 10.1 Å². The second-order valence-electron chi connectivity index (χ2n) is 5.11. The van der Waals surface area contributed by atoms with Crippen LogP contribution in [0.15, 0.2) is 24.5 Å². The van der Waals surface area contributed by atoms with Gasteiger partial charge in [-0.3, -0.25) is 4.79 Å². The van der Waals surface area contributed by atoms with Gasteiger partial charge in [0.1, 0.15) is 0 Å². The van der Waals surface area contributed by atoms with Crippen molar-refractivity contribution in [3.05, 3.63) is 30.2 Å². The van der Waals surface area contributed by atoms with E-state index in [0.717, 1.165) is 11.3 Å². The van der Waals surface area contributed by atoms with Gasteiger partial charge >= 0.3 is 5.97 Å². The normalized spacial score (nSPS) is 26.0. The minimum Gasteiger partial charge on any atom is -0.481 e. The minimum atomic E-state index is -0.745. The minimum absolute atomic E-state index is 0.0123. The van der Waals surface area contributed by atoms with Gasteiger partial charge in [-0.25, -0.2) is 9.50 Å². The van der Waals surface area contributed by atoms with Crippen molar-refractivity contribution in [3.8, 4) is 0 Å². The van der Waals surface area contributed by atoms with Gasteiger partial charge in [0.05, 0.1) is 11.6 Å². The molecule has 1 saturated carbocycles. The molecule has 1 aliphatic rings. The van der Waals surface area contributed by atoms with Crippen LogP contribution in [0.25, 0.3) is 5.65 Å². The Kier molecular flexibility index (Phi) is 1.85. The summed E-state index contributed by atoms with van der Waals surface area (Å²) in [6.45, 7) is 3.93. The Morgan fingerprint density at radius 2 is 2.29 bits per heavy atom. The molecule has 88 valence electrons. The SMILES string of the molecule is CC1(C)C(C(=O)O)C1c1cc2ncccn2n1. The molecule has 2 aromatic rings. The standard InChI is InChI=1S/C12H13N3O2/c1-12(2)9(10(12)11(16)17)7-6-8-13-4-3-5-15(8)14-7/h3-6,9-10H,1-2H3,(H,16,17). The van der Waals surface area contributed by atoms with Crippen molar-refractivity contribution in [1.82, 2.24) is 14.6 Å². The number of aromatic nitrogens is 3. The van der Waals surface area contributed by atoms with Gasteiger partial charge in [0.15, 0.2) is 5.65 Å². The molecule has 2 heterocycles. The molecule has 1 aliphatic carbocycles. The third-order valence-electron chi connectivity index (χ3n) is 3.67. The number of aliphatic carboxylic acids is 1. The molecule has 0 spiro atoms. The molecular weight excluding hydrogens is 218 g/mol. The van der Waals surface area contributed by atoms with Crippen LogP contribution in [-0.2, 0) is 4.79 Å². The first-order chi connectivity index (χ1) is 8.01. The Morgan fingerprint density at radius 1 is 1.53 bits per heavy atom. The van der Waals surface area contributed by atoms with Crippen LogP contribution in [0, 0.1) is 11.3 Å². The first-order valence-corrected chi connectivity index (χ1v) is 5.55. The number of carbonyl (C=O) groups is 1. The van der Waals surface area contributed by atoms with E-state index in [9.17, 15) is 4.79 Å². The Balaban J connectivity index is 2.03. The van der Waals surface area contributed by atoms with Gasteiger partial charge in [0, 0.05) is 24.4 Å². The van der Waals surface area contributed by atoms with E-state index in [1.165, 1.54) is 0 Å². The Labute approximate surface area is 98.1 Å². The molecule has 0 saturated heterocycles. The van der Waals surface area contributed by atoms with Crippen LogP contribution in [0.5, 0.6) is 0 Å². The van der Waals surface area contributed by atoms with Crippen LogP contribution in [0.4, 0.5) is 0 Å². The summed E-state index contributed by atoms with van der Waals surface area (Å²) in [6.07, 6.45) is 3.52. The topological polar surface area (TPSA) is 67.5 Å². The van der Waals surface area contributed by atoms with E-state index < -0.39 is 5.97 Å². The molecule has 2 aromatic heterocycles. The van der Waals surface area contributed by atoms with E-state index >= 15 is 0 Å². The summed E-state index contributed by atoms with van der Waals surface area (Å²) in [5.74, 6) is -1.10. The average Bonchev–Trinajstić information content (AvgIpc) is 2.68. The monoisotopic (exact) mass is 231 g/mol. The summed E-state index contributed by atoms with van der Waals surface area (Å²) in [5.41, 5.74) is 1.36. The van der Waals surface area contributed by atoms with Gasteiger partial charge in [-0.1, -0.05) is 13.8 Å². The van der Waals surface area contributed by atoms with E-state index in [1.807, 2.05) is 26.1 Å². The van der Waals surface area contributed by atoms with Crippen LogP contribution >= 0.6 is 0 Å². The molecule has 0 aromatic carbocycles. The molecule has 5 nitrogen and oxygen atoms in total. The zero-order valence-electron chi connectivity index (χ0n) is 9.66. The molecule has 0 radical (unpaired) electrons. The van der Waals surface area contributed by atoms with Crippen molar-refractivity contribution in [1.29, 1.82) is 0 Å². The number of hydrogen-bond acceptors (Lipinski definition) is 3. The number of carboxylic acids is 1. The summed E-state index contributed by atoms with van der Waals surface area (Å²) in [4.78, 5) is 15.3. The van der Waals surface area contributed by atoms with Crippen molar-refractivity contribution in [3.63, 3.8) is 0 Å². The highest BCUT2D eigenvalue weighted by Crippen LogP contribution is 2.64. The number of hydrogen-bond donors (Lipinski definition) is 1. The second-order valence-corrected chi connectivity index (χ2v) is 5.11. The molecule has 2 atom stereocenters. The van der Waals surface area contributed by atoms with Gasteiger partial charge < -0.3 is 5.11 Å². The van der Waals surface area contributed by atoms with Crippen LogP contribution < -0.4 is 0 Å². The van der Waals surface area contributed by atoms with Crippen molar-refractivity contribution in [2.45, 2.75) is 19.8 Å². The number of nitrogens with zero attached hydrogens (tertiary/aromatic N) is 3. The van der Waals surface area contributed by atoms with Crippen LogP contribution in [0.1, 0.15) is 25.5 Å². The Morgan fingerprint density at radius 3 is 2.88 bits per heavy atom. The summed E-state index contributed by atoms with van der Waals surface area (Å²) in [5, 5.41) is 13.5.